The van der Waals surface area contributed by atoms with Crippen molar-refractivity contribution in [3.05, 3.63) is 16.6 Å². The number of nitrogens with zero attached hydrogens (tertiary/aromatic N) is 2. The first-order valence-electron chi connectivity index (χ1n) is 5.46. The van der Waals surface area contributed by atoms with Gasteiger partial charge in [0.1, 0.15) is 0 Å². The number of piperazine rings is 1. The van der Waals surface area contributed by atoms with Gasteiger partial charge in [-0.25, -0.2) is 0 Å². The lowest BCUT2D eigenvalue weighted by Gasteiger charge is -2.27. The molecular weight excluding hydrogens is 208 g/mol. The zero-order chi connectivity index (χ0) is 10.3. The number of nitrogens with one attached hydrogen (secondary N) is 2. The second-order valence-electron chi connectivity index (χ2n) is 3.74. The smallest absolute Gasteiger partial charge is 0.0794 e. The molecule has 1 aliphatic rings. The molecule has 1 aromatic rings. The van der Waals surface area contributed by atoms with E-state index in [1.54, 1.807) is 11.3 Å². The SMILES string of the molecule is c1ncc(CNCCN2CCNCC2)s1. The highest BCUT2D eigenvalue weighted by Gasteiger charge is 2.07. The van der Waals surface area contributed by atoms with Crippen molar-refractivity contribution in [1.82, 2.24) is 20.5 Å². The van der Waals surface area contributed by atoms with Crippen LogP contribution >= 0.6 is 11.3 Å². The van der Waals surface area contributed by atoms with Gasteiger partial charge in [-0.3, -0.25) is 9.88 Å². The zero-order valence-corrected chi connectivity index (χ0v) is 9.72. The van der Waals surface area contributed by atoms with Crippen molar-refractivity contribution in [1.29, 1.82) is 0 Å². The molecule has 0 radical (unpaired) electrons. The van der Waals surface area contributed by atoms with Gasteiger partial charge in [-0.1, -0.05) is 0 Å². The lowest BCUT2D eigenvalue weighted by molar-refractivity contribution is 0.241. The topological polar surface area (TPSA) is 40.2 Å². The van der Waals surface area contributed by atoms with Crippen LogP contribution in [0.15, 0.2) is 11.7 Å². The monoisotopic (exact) mass is 226 g/mol. The minimum absolute atomic E-state index is 0.955. The molecule has 1 aliphatic heterocycles. The van der Waals surface area contributed by atoms with Gasteiger partial charge in [0.25, 0.3) is 0 Å². The van der Waals surface area contributed by atoms with Crippen LogP contribution in [0.1, 0.15) is 4.88 Å². The molecule has 2 heterocycles. The van der Waals surface area contributed by atoms with Crippen molar-refractivity contribution < 1.29 is 0 Å². The van der Waals surface area contributed by atoms with Crippen molar-refractivity contribution >= 4 is 11.3 Å². The fourth-order valence-electron chi connectivity index (χ4n) is 1.71. The number of rotatable bonds is 5. The van der Waals surface area contributed by atoms with E-state index in [0.717, 1.165) is 32.7 Å². The average Bonchev–Trinajstić information content (AvgIpc) is 2.79. The third-order valence-electron chi connectivity index (χ3n) is 2.60. The highest BCUT2D eigenvalue weighted by molar-refractivity contribution is 7.09. The highest BCUT2D eigenvalue weighted by atomic mass is 32.1. The Balaban J connectivity index is 1.54. The summed E-state index contributed by atoms with van der Waals surface area (Å²) in [7, 11) is 0. The van der Waals surface area contributed by atoms with E-state index < -0.39 is 0 Å². The quantitative estimate of drug-likeness (QED) is 0.701. The van der Waals surface area contributed by atoms with Gasteiger partial charge in [0, 0.05) is 56.9 Å². The van der Waals surface area contributed by atoms with E-state index in [1.807, 2.05) is 11.7 Å². The van der Waals surface area contributed by atoms with Crippen LogP contribution in [-0.2, 0) is 6.54 Å². The summed E-state index contributed by atoms with van der Waals surface area (Å²) in [5.74, 6) is 0. The van der Waals surface area contributed by atoms with Crippen LogP contribution in [0.5, 0.6) is 0 Å². The third kappa shape index (κ3) is 3.87. The first kappa shape index (κ1) is 11.0. The summed E-state index contributed by atoms with van der Waals surface area (Å²) in [5, 5.41) is 6.80. The van der Waals surface area contributed by atoms with Crippen molar-refractivity contribution in [2.24, 2.45) is 0 Å². The Bertz CT molecular complexity index is 256. The van der Waals surface area contributed by atoms with E-state index in [0.29, 0.717) is 0 Å². The highest BCUT2D eigenvalue weighted by Crippen LogP contribution is 2.03. The van der Waals surface area contributed by atoms with E-state index in [2.05, 4.69) is 20.5 Å². The average molecular weight is 226 g/mol. The van der Waals surface area contributed by atoms with Crippen LogP contribution in [0.2, 0.25) is 0 Å². The molecule has 0 aromatic carbocycles. The Labute approximate surface area is 94.7 Å². The largest absolute Gasteiger partial charge is 0.314 e. The minimum atomic E-state index is 0.955. The molecule has 1 saturated heterocycles. The van der Waals surface area contributed by atoms with Crippen LogP contribution in [0.3, 0.4) is 0 Å². The van der Waals surface area contributed by atoms with Crippen LogP contribution in [0.25, 0.3) is 0 Å². The first-order chi connectivity index (χ1) is 7.45. The summed E-state index contributed by atoms with van der Waals surface area (Å²) in [6.45, 7) is 7.81. The molecule has 0 amide bonds. The maximum Gasteiger partial charge on any atom is 0.0794 e. The van der Waals surface area contributed by atoms with E-state index in [1.165, 1.54) is 18.0 Å². The van der Waals surface area contributed by atoms with E-state index in [9.17, 15) is 0 Å². The summed E-state index contributed by atoms with van der Waals surface area (Å²) >= 11 is 1.71. The van der Waals surface area contributed by atoms with Gasteiger partial charge in [-0.2, -0.15) is 0 Å². The molecule has 1 fully saturated rings. The van der Waals surface area contributed by atoms with Crippen LogP contribution in [-0.4, -0.2) is 49.2 Å². The normalized spacial score (nSPS) is 18.1. The summed E-state index contributed by atoms with van der Waals surface area (Å²) in [6, 6.07) is 0. The molecule has 15 heavy (non-hydrogen) atoms. The maximum absolute atomic E-state index is 4.05. The fraction of sp³-hybridized carbons (Fsp3) is 0.700. The van der Waals surface area contributed by atoms with Crippen molar-refractivity contribution in [3.8, 4) is 0 Å². The molecule has 0 atom stereocenters. The van der Waals surface area contributed by atoms with Crippen molar-refractivity contribution in [2.75, 3.05) is 39.3 Å². The van der Waals surface area contributed by atoms with E-state index in [-0.39, 0.29) is 0 Å². The Morgan fingerprint density at radius 3 is 3.07 bits per heavy atom. The molecule has 84 valence electrons. The fourth-order valence-corrected chi connectivity index (χ4v) is 2.28. The summed E-state index contributed by atoms with van der Waals surface area (Å²) in [6.07, 6.45) is 1.93. The molecule has 0 saturated carbocycles. The molecule has 0 spiro atoms. The molecule has 2 N–H and O–H groups in total. The van der Waals surface area contributed by atoms with Gasteiger partial charge < -0.3 is 10.6 Å². The molecular formula is C10H18N4S. The third-order valence-corrected chi connectivity index (χ3v) is 3.38. The Morgan fingerprint density at radius 2 is 2.33 bits per heavy atom. The van der Waals surface area contributed by atoms with E-state index in [4.69, 9.17) is 0 Å². The molecule has 4 nitrogen and oxygen atoms in total. The van der Waals surface area contributed by atoms with Gasteiger partial charge >= 0.3 is 0 Å². The first-order valence-corrected chi connectivity index (χ1v) is 6.34. The Morgan fingerprint density at radius 1 is 1.47 bits per heavy atom. The number of hydrogen-bond acceptors (Lipinski definition) is 5. The van der Waals surface area contributed by atoms with Gasteiger partial charge in [0.05, 0.1) is 5.51 Å². The molecule has 2 rings (SSSR count). The molecule has 0 unspecified atom stereocenters. The van der Waals surface area contributed by atoms with Gasteiger partial charge in [-0.05, 0) is 0 Å². The standard InChI is InChI=1S/C10H18N4S/c1-4-14(5-2-11-1)6-3-12-7-10-8-13-9-15-10/h8-9,11-12H,1-7H2. The lowest BCUT2D eigenvalue weighted by atomic mass is 10.3. The van der Waals surface area contributed by atoms with E-state index >= 15 is 0 Å². The van der Waals surface area contributed by atoms with Gasteiger partial charge in [0.15, 0.2) is 0 Å². The van der Waals surface area contributed by atoms with Crippen molar-refractivity contribution in [3.63, 3.8) is 0 Å². The number of hydrogen-bond donors (Lipinski definition) is 2. The summed E-state index contributed by atoms with van der Waals surface area (Å²) < 4.78 is 0. The molecule has 0 bridgehead atoms. The van der Waals surface area contributed by atoms with Crippen LogP contribution < -0.4 is 10.6 Å². The second-order valence-corrected chi connectivity index (χ2v) is 4.71. The zero-order valence-electron chi connectivity index (χ0n) is 8.91. The van der Waals surface area contributed by atoms with Crippen LogP contribution in [0, 0.1) is 0 Å². The molecule has 1 aromatic heterocycles. The number of aromatic nitrogens is 1. The Kier molecular flexibility index (Phi) is 4.53. The minimum Gasteiger partial charge on any atom is -0.314 e. The van der Waals surface area contributed by atoms with Gasteiger partial charge in [-0.15, -0.1) is 11.3 Å². The second kappa shape index (κ2) is 6.17. The predicted molar refractivity (Wildman–Crippen MR) is 63.1 cm³/mol. The maximum atomic E-state index is 4.05. The Hall–Kier alpha value is -0.490. The summed E-state index contributed by atoms with van der Waals surface area (Å²) in [4.78, 5) is 7.86. The predicted octanol–water partition coefficient (Wildman–Crippen LogP) is 0.138. The van der Waals surface area contributed by atoms with Crippen molar-refractivity contribution in [2.45, 2.75) is 6.54 Å². The van der Waals surface area contributed by atoms with Crippen LogP contribution in [0.4, 0.5) is 0 Å². The van der Waals surface area contributed by atoms with Gasteiger partial charge in [0.2, 0.25) is 0 Å². The number of thiazole rings is 1. The summed E-state index contributed by atoms with van der Waals surface area (Å²) in [5.41, 5.74) is 1.88. The lowest BCUT2D eigenvalue weighted by Crippen LogP contribution is -2.45. The molecule has 5 heteroatoms. The molecule has 0 aliphatic carbocycles.